The van der Waals surface area contributed by atoms with Gasteiger partial charge in [0.1, 0.15) is 5.82 Å². The predicted octanol–water partition coefficient (Wildman–Crippen LogP) is 5.95. The number of aryl methyl sites for hydroxylation is 1. The zero-order valence-corrected chi connectivity index (χ0v) is 18.2. The number of allylic oxidation sites excluding steroid dienone is 1. The number of amides is 2. The van der Waals surface area contributed by atoms with Gasteiger partial charge in [0.25, 0.3) is 5.89 Å². The minimum Gasteiger partial charge on any atom is -0.334 e. The molecule has 160 valence electrons. The lowest BCUT2D eigenvalue weighted by atomic mass is 9.94. The van der Waals surface area contributed by atoms with E-state index >= 15 is 0 Å². The van der Waals surface area contributed by atoms with Crippen molar-refractivity contribution >= 4 is 28.6 Å². The number of aromatic nitrogens is 2. The number of nitrogens with one attached hydrogen (secondary N) is 1. The van der Waals surface area contributed by atoms with Gasteiger partial charge < -0.3 is 9.84 Å². The standard InChI is InChI=1S/C24H19FN4O2S/c1-14-8-10-18(11-9-14)29-15(2)20(23-27-22(28-31-23)19-7-4-12-32-19)21(26-24(29)30)16-5-3-6-17(25)13-16/h3-13,21H,1-2H3,(H,26,30). The topological polar surface area (TPSA) is 71.3 Å². The van der Waals surface area contributed by atoms with Crippen molar-refractivity contribution in [2.24, 2.45) is 0 Å². The first kappa shape index (κ1) is 20.1. The van der Waals surface area contributed by atoms with Crippen LogP contribution in [0.5, 0.6) is 0 Å². The number of thiophene rings is 1. The molecular formula is C24H19FN4O2S. The van der Waals surface area contributed by atoms with Gasteiger partial charge in [-0.25, -0.2) is 9.18 Å². The quantitative estimate of drug-likeness (QED) is 0.421. The molecule has 0 saturated heterocycles. The average molecular weight is 447 g/mol. The molecule has 32 heavy (non-hydrogen) atoms. The van der Waals surface area contributed by atoms with Crippen LogP contribution in [0.1, 0.15) is 30.0 Å². The third-order valence-corrected chi connectivity index (χ3v) is 6.22. The number of halogens is 1. The van der Waals surface area contributed by atoms with Gasteiger partial charge in [-0.2, -0.15) is 4.98 Å². The highest BCUT2D eigenvalue weighted by molar-refractivity contribution is 7.13. The molecule has 0 saturated carbocycles. The summed E-state index contributed by atoms with van der Waals surface area (Å²) in [6.07, 6.45) is 0. The Hall–Kier alpha value is -3.78. The summed E-state index contributed by atoms with van der Waals surface area (Å²) in [4.78, 5) is 20.2. The molecule has 1 atom stereocenters. The molecule has 1 aliphatic rings. The second kappa shape index (κ2) is 8.05. The smallest absolute Gasteiger partial charge is 0.326 e. The van der Waals surface area contributed by atoms with Crippen LogP contribution in [0, 0.1) is 12.7 Å². The van der Waals surface area contributed by atoms with E-state index in [4.69, 9.17) is 4.52 Å². The number of benzene rings is 2. The number of rotatable bonds is 4. The van der Waals surface area contributed by atoms with E-state index in [-0.39, 0.29) is 17.7 Å². The molecular weight excluding hydrogens is 427 g/mol. The number of nitrogens with zero attached hydrogens (tertiary/aromatic N) is 3. The molecule has 0 radical (unpaired) electrons. The fourth-order valence-electron chi connectivity index (χ4n) is 3.80. The van der Waals surface area contributed by atoms with Crippen LogP contribution in [-0.4, -0.2) is 16.2 Å². The number of urea groups is 1. The van der Waals surface area contributed by atoms with Gasteiger partial charge in [0, 0.05) is 5.70 Å². The van der Waals surface area contributed by atoms with E-state index < -0.39 is 6.04 Å². The Bertz CT molecular complexity index is 1310. The highest BCUT2D eigenvalue weighted by atomic mass is 32.1. The summed E-state index contributed by atoms with van der Waals surface area (Å²) in [5.41, 5.74) is 3.63. The molecule has 8 heteroatoms. The van der Waals surface area contributed by atoms with Crippen molar-refractivity contribution in [1.82, 2.24) is 15.5 Å². The Morgan fingerprint density at radius 3 is 2.62 bits per heavy atom. The zero-order chi connectivity index (χ0) is 22.2. The lowest BCUT2D eigenvalue weighted by molar-refractivity contribution is 0.244. The summed E-state index contributed by atoms with van der Waals surface area (Å²) in [6, 6.07) is 16.6. The molecule has 0 fully saturated rings. The molecule has 2 aromatic heterocycles. The van der Waals surface area contributed by atoms with Crippen LogP contribution in [0.15, 0.2) is 76.3 Å². The first-order valence-electron chi connectivity index (χ1n) is 10.0. The summed E-state index contributed by atoms with van der Waals surface area (Å²) in [6.45, 7) is 3.81. The maximum atomic E-state index is 14.0. The van der Waals surface area contributed by atoms with E-state index in [1.54, 1.807) is 17.0 Å². The highest BCUT2D eigenvalue weighted by Crippen LogP contribution is 2.39. The SMILES string of the molecule is CC1=C(c2nc(-c3cccs3)no2)C(c2cccc(F)c2)NC(=O)N1c1ccc(C)cc1. The number of hydrogen-bond donors (Lipinski definition) is 1. The molecule has 3 heterocycles. The molecule has 1 unspecified atom stereocenters. The molecule has 0 spiro atoms. The van der Waals surface area contributed by atoms with Crippen LogP contribution in [0.4, 0.5) is 14.9 Å². The Morgan fingerprint density at radius 1 is 1.09 bits per heavy atom. The fourth-order valence-corrected chi connectivity index (χ4v) is 4.45. The first-order chi connectivity index (χ1) is 15.5. The van der Waals surface area contributed by atoms with Crippen molar-refractivity contribution in [3.63, 3.8) is 0 Å². The number of hydrogen-bond acceptors (Lipinski definition) is 5. The van der Waals surface area contributed by atoms with Crippen LogP contribution in [0.2, 0.25) is 0 Å². The highest BCUT2D eigenvalue weighted by Gasteiger charge is 2.36. The molecule has 5 rings (SSSR count). The van der Waals surface area contributed by atoms with E-state index in [9.17, 15) is 9.18 Å². The molecule has 2 amide bonds. The maximum absolute atomic E-state index is 14.0. The van der Waals surface area contributed by atoms with E-state index in [0.717, 1.165) is 10.4 Å². The third kappa shape index (κ3) is 3.58. The largest absolute Gasteiger partial charge is 0.334 e. The zero-order valence-electron chi connectivity index (χ0n) is 17.4. The lowest BCUT2D eigenvalue weighted by Gasteiger charge is -2.35. The lowest BCUT2D eigenvalue weighted by Crippen LogP contribution is -2.46. The minimum absolute atomic E-state index is 0.275. The predicted molar refractivity (Wildman–Crippen MR) is 122 cm³/mol. The molecule has 4 aromatic rings. The van der Waals surface area contributed by atoms with Gasteiger partial charge in [0.2, 0.25) is 5.82 Å². The summed E-state index contributed by atoms with van der Waals surface area (Å²) < 4.78 is 19.7. The average Bonchev–Trinajstić information content (AvgIpc) is 3.47. The van der Waals surface area contributed by atoms with Gasteiger partial charge in [0.15, 0.2) is 0 Å². The Morgan fingerprint density at radius 2 is 1.91 bits per heavy atom. The van der Waals surface area contributed by atoms with Crippen LogP contribution in [0.25, 0.3) is 16.3 Å². The Balaban J connectivity index is 1.67. The van der Waals surface area contributed by atoms with Crippen molar-refractivity contribution < 1.29 is 13.7 Å². The van der Waals surface area contributed by atoms with Gasteiger partial charge in [-0.3, -0.25) is 4.90 Å². The second-order valence-corrected chi connectivity index (χ2v) is 8.46. The van der Waals surface area contributed by atoms with E-state index in [1.807, 2.05) is 55.6 Å². The van der Waals surface area contributed by atoms with E-state index in [2.05, 4.69) is 15.5 Å². The van der Waals surface area contributed by atoms with E-state index in [1.165, 1.54) is 23.5 Å². The number of carbonyl (C=O) groups is 1. The van der Waals surface area contributed by atoms with Gasteiger partial charge >= 0.3 is 6.03 Å². The summed E-state index contributed by atoms with van der Waals surface area (Å²) in [5.74, 6) is 0.351. The van der Waals surface area contributed by atoms with Gasteiger partial charge in [-0.05, 0) is 55.1 Å². The molecule has 0 aliphatic carbocycles. The monoisotopic (exact) mass is 446 g/mol. The number of carbonyl (C=O) groups excluding carboxylic acids is 1. The third-order valence-electron chi connectivity index (χ3n) is 5.36. The fraction of sp³-hybridized carbons (Fsp3) is 0.125. The summed E-state index contributed by atoms with van der Waals surface area (Å²) >= 11 is 1.50. The van der Waals surface area contributed by atoms with Gasteiger partial charge in [0.05, 0.1) is 22.2 Å². The molecule has 1 aliphatic heterocycles. The molecule has 0 bridgehead atoms. The number of anilines is 1. The van der Waals surface area contributed by atoms with Crippen molar-refractivity contribution in [1.29, 1.82) is 0 Å². The Labute approximate surface area is 188 Å². The van der Waals surface area contributed by atoms with Crippen LogP contribution in [-0.2, 0) is 0 Å². The molecule has 2 aromatic carbocycles. The minimum atomic E-state index is -0.642. The van der Waals surface area contributed by atoms with Gasteiger partial charge in [-0.15, -0.1) is 11.3 Å². The van der Waals surface area contributed by atoms with Crippen molar-refractivity contribution in [2.75, 3.05) is 4.90 Å². The summed E-state index contributed by atoms with van der Waals surface area (Å²) in [5, 5.41) is 9.05. The molecule has 6 nitrogen and oxygen atoms in total. The summed E-state index contributed by atoms with van der Waals surface area (Å²) in [7, 11) is 0. The maximum Gasteiger partial charge on any atom is 0.326 e. The van der Waals surface area contributed by atoms with Crippen molar-refractivity contribution in [2.45, 2.75) is 19.9 Å². The first-order valence-corrected chi connectivity index (χ1v) is 10.9. The Kier molecular flexibility index (Phi) is 5.07. The van der Waals surface area contributed by atoms with Gasteiger partial charge in [-0.1, -0.05) is 41.1 Å². The van der Waals surface area contributed by atoms with Crippen LogP contribution < -0.4 is 10.2 Å². The van der Waals surface area contributed by atoms with E-state index in [0.29, 0.717) is 28.3 Å². The van der Waals surface area contributed by atoms with Crippen molar-refractivity contribution in [3.05, 3.63) is 94.6 Å². The molecule has 1 N–H and O–H groups in total. The normalized spacial score (nSPS) is 16.4. The second-order valence-electron chi connectivity index (χ2n) is 7.51. The van der Waals surface area contributed by atoms with Crippen LogP contribution >= 0.6 is 11.3 Å². The van der Waals surface area contributed by atoms with Crippen molar-refractivity contribution in [3.8, 4) is 10.7 Å². The van der Waals surface area contributed by atoms with Crippen LogP contribution in [0.3, 0.4) is 0 Å².